The lowest BCUT2D eigenvalue weighted by atomic mass is 9.90. The normalized spacial score (nSPS) is 17.1. The van der Waals surface area contributed by atoms with Crippen molar-refractivity contribution in [1.29, 1.82) is 0 Å². The minimum atomic E-state index is 0.941. The monoisotopic (exact) mass is 307 g/mol. The lowest BCUT2D eigenvalue weighted by Crippen LogP contribution is -2.13. The van der Waals surface area contributed by atoms with Crippen LogP contribution in [-0.4, -0.2) is 10.3 Å². The second-order valence-electron chi connectivity index (χ2n) is 5.57. The van der Waals surface area contributed by atoms with Crippen molar-refractivity contribution in [3.8, 4) is 0 Å². The molecular formula is C18H17N3S. The molecule has 3 aromatic rings. The van der Waals surface area contributed by atoms with Gasteiger partial charge in [-0.25, -0.2) is 0 Å². The minimum absolute atomic E-state index is 0.941. The first kappa shape index (κ1) is 13.5. The fourth-order valence-corrected chi connectivity index (χ4v) is 3.96. The van der Waals surface area contributed by atoms with Gasteiger partial charge in [-0.05, 0) is 37.0 Å². The van der Waals surface area contributed by atoms with Gasteiger partial charge in [0.25, 0.3) is 0 Å². The molecule has 1 aliphatic rings. The fourth-order valence-electron chi connectivity index (χ4n) is 2.99. The topological polar surface area (TPSA) is 29.6 Å². The standard InChI is InChI=1S/C18H17N3S/c1-21-16-11-4-5-12-17(16)22-18(21)20-19-15-10-6-8-13-7-2-3-9-14(13)15/h2-5,7,9,11-12H,6,8,10H2,1H3. The zero-order valence-corrected chi connectivity index (χ0v) is 13.3. The number of hydrogen-bond acceptors (Lipinski definition) is 3. The summed E-state index contributed by atoms with van der Waals surface area (Å²) in [4.78, 5) is 0.941. The third-order valence-electron chi connectivity index (χ3n) is 4.16. The van der Waals surface area contributed by atoms with Crippen molar-refractivity contribution in [2.45, 2.75) is 19.3 Å². The van der Waals surface area contributed by atoms with Gasteiger partial charge in [-0.3, -0.25) is 0 Å². The Kier molecular flexibility index (Phi) is 3.39. The van der Waals surface area contributed by atoms with E-state index in [1.807, 2.05) is 7.05 Å². The lowest BCUT2D eigenvalue weighted by molar-refractivity contribution is 0.828. The Morgan fingerprint density at radius 2 is 1.77 bits per heavy atom. The van der Waals surface area contributed by atoms with E-state index in [2.05, 4.69) is 63.3 Å². The molecule has 4 heteroatoms. The summed E-state index contributed by atoms with van der Waals surface area (Å²) < 4.78 is 3.35. The predicted molar refractivity (Wildman–Crippen MR) is 92.3 cm³/mol. The average Bonchev–Trinajstić information content (AvgIpc) is 2.89. The summed E-state index contributed by atoms with van der Waals surface area (Å²) in [6.45, 7) is 0. The molecule has 0 N–H and O–H groups in total. The molecule has 110 valence electrons. The van der Waals surface area contributed by atoms with E-state index in [0.717, 1.165) is 29.8 Å². The van der Waals surface area contributed by atoms with Crippen molar-refractivity contribution < 1.29 is 0 Å². The van der Waals surface area contributed by atoms with Crippen molar-refractivity contribution in [1.82, 2.24) is 4.57 Å². The zero-order chi connectivity index (χ0) is 14.9. The number of aryl methyl sites for hydroxylation is 2. The Hall–Kier alpha value is -2.20. The molecule has 0 atom stereocenters. The van der Waals surface area contributed by atoms with Crippen LogP contribution >= 0.6 is 11.3 Å². The fraction of sp³-hybridized carbons (Fsp3) is 0.222. The van der Waals surface area contributed by atoms with Gasteiger partial charge in [0.15, 0.2) is 0 Å². The molecule has 0 spiro atoms. The van der Waals surface area contributed by atoms with Gasteiger partial charge in [-0.15, -0.1) is 5.10 Å². The Morgan fingerprint density at radius 3 is 2.68 bits per heavy atom. The van der Waals surface area contributed by atoms with Crippen LogP contribution in [0.2, 0.25) is 0 Å². The van der Waals surface area contributed by atoms with Gasteiger partial charge in [0, 0.05) is 12.6 Å². The summed E-state index contributed by atoms with van der Waals surface area (Å²) >= 11 is 1.68. The number of rotatable bonds is 1. The summed E-state index contributed by atoms with van der Waals surface area (Å²) in [5, 5.41) is 9.12. The van der Waals surface area contributed by atoms with Crippen LogP contribution in [0.4, 0.5) is 0 Å². The third kappa shape index (κ3) is 2.29. The number of nitrogens with zero attached hydrogens (tertiary/aromatic N) is 3. The number of benzene rings is 2. The van der Waals surface area contributed by atoms with Gasteiger partial charge in [-0.1, -0.05) is 47.7 Å². The predicted octanol–water partition coefficient (Wildman–Crippen LogP) is 3.88. The van der Waals surface area contributed by atoms with Crippen molar-refractivity contribution in [3.05, 3.63) is 64.5 Å². The van der Waals surface area contributed by atoms with Crippen LogP contribution in [-0.2, 0) is 13.5 Å². The number of aromatic nitrogens is 1. The molecule has 0 amide bonds. The quantitative estimate of drug-likeness (QED) is 0.611. The summed E-state index contributed by atoms with van der Waals surface area (Å²) in [6.07, 6.45) is 3.31. The van der Waals surface area contributed by atoms with Crippen LogP contribution in [0.1, 0.15) is 24.0 Å². The first-order chi connectivity index (χ1) is 10.8. The molecule has 0 unspecified atom stereocenters. The molecule has 0 saturated carbocycles. The highest BCUT2D eigenvalue weighted by Gasteiger charge is 2.14. The highest BCUT2D eigenvalue weighted by molar-refractivity contribution is 7.16. The van der Waals surface area contributed by atoms with E-state index in [-0.39, 0.29) is 0 Å². The Balaban J connectivity index is 1.82. The van der Waals surface area contributed by atoms with Crippen LogP contribution in [0.3, 0.4) is 0 Å². The molecule has 1 aromatic heterocycles. The van der Waals surface area contributed by atoms with E-state index < -0.39 is 0 Å². The highest BCUT2D eigenvalue weighted by atomic mass is 32.1. The first-order valence-electron chi connectivity index (χ1n) is 7.56. The van der Waals surface area contributed by atoms with Crippen LogP contribution < -0.4 is 4.80 Å². The molecular weight excluding hydrogens is 290 g/mol. The van der Waals surface area contributed by atoms with E-state index in [4.69, 9.17) is 0 Å². The van der Waals surface area contributed by atoms with Crippen molar-refractivity contribution in [3.63, 3.8) is 0 Å². The van der Waals surface area contributed by atoms with Gasteiger partial charge in [0.2, 0.25) is 4.80 Å². The largest absolute Gasteiger partial charge is 0.318 e. The van der Waals surface area contributed by atoms with E-state index in [1.165, 1.54) is 21.3 Å². The Labute approximate surface area is 133 Å². The maximum Gasteiger partial charge on any atom is 0.211 e. The summed E-state index contributed by atoms with van der Waals surface area (Å²) in [5.41, 5.74) is 4.97. The van der Waals surface area contributed by atoms with Gasteiger partial charge in [0.1, 0.15) is 0 Å². The van der Waals surface area contributed by atoms with Crippen LogP contribution in [0.25, 0.3) is 10.2 Å². The number of para-hydroxylation sites is 1. The molecule has 0 saturated heterocycles. The van der Waals surface area contributed by atoms with Crippen molar-refractivity contribution >= 4 is 27.3 Å². The molecule has 0 fully saturated rings. The van der Waals surface area contributed by atoms with Crippen molar-refractivity contribution in [2.24, 2.45) is 17.3 Å². The number of fused-ring (bicyclic) bond motifs is 2. The molecule has 22 heavy (non-hydrogen) atoms. The second kappa shape index (κ2) is 5.54. The van der Waals surface area contributed by atoms with Gasteiger partial charge in [-0.2, -0.15) is 5.10 Å². The maximum absolute atomic E-state index is 4.58. The van der Waals surface area contributed by atoms with E-state index >= 15 is 0 Å². The Morgan fingerprint density at radius 1 is 0.955 bits per heavy atom. The molecule has 0 radical (unpaired) electrons. The molecule has 2 aromatic carbocycles. The van der Waals surface area contributed by atoms with Gasteiger partial charge >= 0.3 is 0 Å². The van der Waals surface area contributed by atoms with Gasteiger partial charge in [0.05, 0.1) is 15.9 Å². The van der Waals surface area contributed by atoms with Crippen LogP contribution in [0.15, 0.2) is 58.7 Å². The summed E-state index contributed by atoms with van der Waals surface area (Å²) in [7, 11) is 2.05. The smallest absolute Gasteiger partial charge is 0.211 e. The second-order valence-corrected chi connectivity index (χ2v) is 6.58. The molecule has 0 bridgehead atoms. The first-order valence-corrected chi connectivity index (χ1v) is 8.38. The van der Waals surface area contributed by atoms with E-state index in [9.17, 15) is 0 Å². The van der Waals surface area contributed by atoms with Crippen molar-refractivity contribution in [2.75, 3.05) is 0 Å². The zero-order valence-electron chi connectivity index (χ0n) is 12.5. The molecule has 3 nitrogen and oxygen atoms in total. The molecule has 4 rings (SSSR count). The molecule has 0 aliphatic heterocycles. The third-order valence-corrected chi connectivity index (χ3v) is 5.26. The van der Waals surface area contributed by atoms with Gasteiger partial charge < -0.3 is 4.57 Å². The number of thiazole rings is 1. The highest BCUT2D eigenvalue weighted by Crippen LogP contribution is 2.21. The number of hydrogen-bond donors (Lipinski definition) is 0. The summed E-state index contributed by atoms with van der Waals surface area (Å²) in [6, 6.07) is 16.9. The molecule has 1 aliphatic carbocycles. The van der Waals surface area contributed by atoms with E-state index in [1.54, 1.807) is 11.3 Å². The average molecular weight is 307 g/mol. The van der Waals surface area contributed by atoms with Crippen LogP contribution in [0, 0.1) is 0 Å². The SMILES string of the molecule is Cn1c(=NN=C2CCCc3ccccc32)sc2ccccc21. The minimum Gasteiger partial charge on any atom is -0.318 e. The maximum atomic E-state index is 4.58. The van der Waals surface area contributed by atoms with E-state index in [0.29, 0.717) is 0 Å². The van der Waals surface area contributed by atoms with Crippen LogP contribution in [0.5, 0.6) is 0 Å². The lowest BCUT2D eigenvalue weighted by Gasteiger charge is -2.16. The molecule has 1 heterocycles. The Bertz CT molecular complexity index is 931. The summed E-state index contributed by atoms with van der Waals surface area (Å²) in [5.74, 6) is 0.